The molecule has 3 rings (SSSR count). The van der Waals surface area contributed by atoms with Crippen molar-refractivity contribution in [2.45, 2.75) is 38.4 Å². The lowest BCUT2D eigenvalue weighted by Gasteiger charge is -2.25. The average molecular weight is 296 g/mol. The smallest absolute Gasteiger partial charge is 0.178 e. The molecule has 0 amide bonds. The fraction of sp³-hybridized carbons (Fsp3) is 0.500. The Hall–Kier alpha value is -0.840. The fourth-order valence-corrected chi connectivity index (χ4v) is 3.14. The number of para-hydroxylation sites is 1. The predicted octanol–water partition coefficient (Wildman–Crippen LogP) is 3.83. The summed E-state index contributed by atoms with van der Waals surface area (Å²) in [4.78, 5) is 5.67. The van der Waals surface area contributed by atoms with E-state index < -0.39 is 0 Å². The van der Waals surface area contributed by atoms with Gasteiger partial charge in [0.2, 0.25) is 0 Å². The average Bonchev–Trinajstić information content (AvgIpc) is 3.16. The lowest BCUT2D eigenvalue weighted by atomic mass is 10.2. The van der Waals surface area contributed by atoms with E-state index in [0.717, 1.165) is 33.4 Å². The highest BCUT2D eigenvalue weighted by Gasteiger charge is 2.29. The van der Waals surface area contributed by atoms with Crippen LogP contribution < -0.4 is 0 Å². The summed E-state index contributed by atoms with van der Waals surface area (Å²) in [7, 11) is 2.20. The van der Waals surface area contributed by atoms with E-state index in [4.69, 9.17) is 23.8 Å². The van der Waals surface area contributed by atoms with E-state index >= 15 is 0 Å². The van der Waals surface area contributed by atoms with Crippen molar-refractivity contribution in [3.05, 3.63) is 28.0 Å². The van der Waals surface area contributed by atoms with E-state index in [1.54, 1.807) is 0 Å². The van der Waals surface area contributed by atoms with Crippen molar-refractivity contribution in [3.8, 4) is 0 Å². The van der Waals surface area contributed by atoms with Crippen LogP contribution in [0.25, 0.3) is 11.0 Å². The van der Waals surface area contributed by atoms with Crippen LogP contribution in [0.4, 0.5) is 0 Å². The molecule has 1 aliphatic rings. The quantitative estimate of drug-likeness (QED) is 0.867. The third-order valence-electron chi connectivity index (χ3n) is 4.01. The van der Waals surface area contributed by atoms with Gasteiger partial charge in [0.1, 0.15) is 0 Å². The molecule has 0 spiro atoms. The van der Waals surface area contributed by atoms with E-state index in [-0.39, 0.29) is 0 Å². The monoisotopic (exact) mass is 295 g/mol. The molecular formula is C14H18ClN3S. The molecule has 0 bridgehead atoms. The van der Waals surface area contributed by atoms with Crippen LogP contribution in [0.1, 0.15) is 19.8 Å². The first-order valence-corrected chi connectivity index (χ1v) is 7.45. The molecule has 3 nitrogen and oxygen atoms in total. The van der Waals surface area contributed by atoms with Gasteiger partial charge in [0.25, 0.3) is 0 Å². The van der Waals surface area contributed by atoms with Crippen molar-refractivity contribution in [2.24, 2.45) is 0 Å². The van der Waals surface area contributed by atoms with E-state index in [1.165, 1.54) is 12.8 Å². The van der Waals surface area contributed by atoms with Gasteiger partial charge in [-0.3, -0.25) is 4.90 Å². The minimum Gasteiger partial charge on any atom is -0.331 e. The Labute approximate surface area is 123 Å². The van der Waals surface area contributed by atoms with Gasteiger partial charge in [0.05, 0.1) is 16.1 Å². The highest BCUT2D eigenvalue weighted by atomic mass is 35.5. The molecule has 1 N–H and O–H groups in total. The van der Waals surface area contributed by atoms with Gasteiger partial charge in [-0.05, 0) is 51.2 Å². The molecule has 5 heteroatoms. The molecule has 1 aromatic carbocycles. The van der Waals surface area contributed by atoms with Crippen LogP contribution in [-0.4, -0.2) is 33.6 Å². The lowest BCUT2D eigenvalue weighted by molar-refractivity contribution is 0.226. The van der Waals surface area contributed by atoms with Crippen molar-refractivity contribution < 1.29 is 0 Å². The van der Waals surface area contributed by atoms with Crippen molar-refractivity contribution in [1.82, 2.24) is 14.5 Å². The number of aromatic nitrogens is 2. The number of likely N-dealkylation sites (N-methyl/N-ethyl adjacent to an activating group) is 1. The number of H-pyrrole nitrogens is 1. The van der Waals surface area contributed by atoms with Crippen molar-refractivity contribution in [1.29, 1.82) is 0 Å². The molecule has 2 aromatic rings. The second-order valence-corrected chi connectivity index (χ2v) is 6.22. The topological polar surface area (TPSA) is 24.0 Å². The first-order chi connectivity index (χ1) is 9.08. The van der Waals surface area contributed by atoms with Crippen LogP contribution in [0, 0.1) is 4.77 Å². The molecule has 1 heterocycles. The SMILES string of the molecule is CC(Cn1c(=S)[nH]c2cccc(Cl)c21)N(C)C1CC1. The summed E-state index contributed by atoms with van der Waals surface area (Å²) in [5.74, 6) is 0. The van der Waals surface area contributed by atoms with E-state index in [0.29, 0.717) is 6.04 Å². The second-order valence-electron chi connectivity index (χ2n) is 5.42. The first kappa shape index (κ1) is 13.2. The minimum atomic E-state index is 0.453. The highest BCUT2D eigenvalue weighted by Crippen LogP contribution is 2.28. The standard InChI is InChI=1S/C14H18ClN3S/c1-9(17(2)10-6-7-10)8-18-13-11(15)4-3-5-12(13)16-14(18)19/h3-5,9-10H,6-8H2,1-2H3,(H,16,19). The molecule has 1 aromatic heterocycles. The van der Waals surface area contributed by atoms with Gasteiger partial charge in [-0.1, -0.05) is 17.7 Å². The third-order valence-corrected chi connectivity index (χ3v) is 4.64. The molecule has 0 radical (unpaired) electrons. The molecule has 1 aliphatic carbocycles. The summed E-state index contributed by atoms with van der Waals surface area (Å²) in [5.41, 5.74) is 2.03. The number of benzene rings is 1. The van der Waals surface area contributed by atoms with Gasteiger partial charge in [0.15, 0.2) is 4.77 Å². The van der Waals surface area contributed by atoms with Gasteiger partial charge in [-0.25, -0.2) is 0 Å². The molecule has 0 aliphatic heterocycles. The Morgan fingerprint density at radius 3 is 2.95 bits per heavy atom. The summed E-state index contributed by atoms with van der Waals surface area (Å²) < 4.78 is 2.87. The molecule has 1 unspecified atom stereocenters. The molecule has 1 atom stereocenters. The first-order valence-electron chi connectivity index (χ1n) is 6.67. The van der Waals surface area contributed by atoms with Crippen LogP contribution in [0.5, 0.6) is 0 Å². The van der Waals surface area contributed by atoms with Gasteiger partial charge in [-0.2, -0.15) is 0 Å². The lowest BCUT2D eigenvalue weighted by Crippen LogP contribution is -2.34. The van der Waals surface area contributed by atoms with Crippen LogP contribution in [0.3, 0.4) is 0 Å². The molecular weight excluding hydrogens is 278 g/mol. The number of imidazole rings is 1. The van der Waals surface area contributed by atoms with Crippen LogP contribution in [0.15, 0.2) is 18.2 Å². The highest BCUT2D eigenvalue weighted by molar-refractivity contribution is 7.71. The van der Waals surface area contributed by atoms with Crippen molar-refractivity contribution >= 4 is 34.9 Å². The van der Waals surface area contributed by atoms with Gasteiger partial charge in [-0.15, -0.1) is 0 Å². The molecule has 102 valence electrons. The van der Waals surface area contributed by atoms with Crippen LogP contribution >= 0.6 is 23.8 Å². The number of rotatable bonds is 4. The molecule has 19 heavy (non-hydrogen) atoms. The predicted molar refractivity (Wildman–Crippen MR) is 82.4 cm³/mol. The zero-order valence-corrected chi connectivity index (χ0v) is 12.8. The van der Waals surface area contributed by atoms with Gasteiger partial charge < -0.3 is 9.55 Å². The second kappa shape index (κ2) is 4.93. The molecule has 1 saturated carbocycles. The number of nitrogens with zero attached hydrogens (tertiary/aromatic N) is 2. The zero-order chi connectivity index (χ0) is 13.6. The maximum Gasteiger partial charge on any atom is 0.178 e. The maximum absolute atomic E-state index is 6.31. The Morgan fingerprint density at radius 2 is 2.26 bits per heavy atom. The third kappa shape index (κ3) is 2.45. The van der Waals surface area contributed by atoms with E-state index in [1.807, 2.05) is 18.2 Å². The number of hydrogen-bond acceptors (Lipinski definition) is 2. The van der Waals surface area contributed by atoms with E-state index in [2.05, 4.69) is 28.4 Å². The van der Waals surface area contributed by atoms with Crippen LogP contribution in [0.2, 0.25) is 5.02 Å². The zero-order valence-electron chi connectivity index (χ0n) is 11.2. The number of halogens is 1. The Morgan fingerprint density at radius 1 is 1.53 bits per heavy atom. The fourth-order valence-electron chi connectivity index (χ4n) is 2.58. The minimum absolute atomic E-state index is 0.453. The van der Waals surface area contributed by atoms with Crippen molar-refractivity contribution in [2.75, 3.05) is 7.05 Å². The summed E-state index contributed by atoms with van der Waals surface area (Å²) in [6, 6.07) is 7.08. The Balaban J connectivity index is 1.95. The number of nitrogens with one attached hydrogen (secondary N) is 1. The van der Waals surface area contributed by atoms with Gasteiger partial charge >= 0.3 is 0 Å². The van der Waals surface area contributed by atoms with Crippen LogP contribution in [-0.2, 0) is 6.54 Å². The Bertz CT molecular complexity index is 656. The number of hydrogen-bond donors (Lipinski definition) is 1. The summed E-state index contributed by atoms with van der Waals surface area (Å²) in [6.45, 7) is 3.12. The van der Waals surface area contributed by atoms with E-state index in [9.17, 15) is 0 Å². The van der Waals surface area contributed by atoms with Gasteiger partial charge in [0, 0.05) is 18.6 Å². The molecule has 1 fully saturated rings. The number of fused-ring (bicyclic) bond motifs is 1. The molecule has 0 saturated heterocycles. The largest absolute Gasteiger partial charge is 0.331 e. The summed E-state index contributed by atoms with van der Waals surface area (Å²) in [5, 5.41) is 0.756. The normalized spacial score (nSPS) is 17.3. The van der Waals surface area contributed by atoms with Crippen molar-refractivity contribution in [3.63, 3.8) is 0 Å². The summed E-state index contributed by atoms with van der Waals surface area (Å²) >= 11 is 11.7. The Kier molecular flexibility index (Phi) is 3.41. The number of aromatic amines is 1. The summed E-state index contributed by atoms with van der Waals surface area (Å²) in [6.07, 6.45) is 2.64. The maximum atomic E-state index is 6.31.